The van der Waals surface area contributed by atoms with Gasteiger partial charge in [0, 0.05) is 13.2 Å². The Morgan fingerprint density at radius 3 is 2.50 bits per heavy atom. The van der Waals surface area contributed by atoms with Gasteiger partial charge in [0.1, 0.15) is 0 Å². The third-order valence-electron chi connectivity index (χ3n) is 2.24. The number of nitrogens with two attached hydrogens (primary N) is 1. The molecule has 1 unspecified atom stereocenters. The van der Waals surface area contributed by atoms with Crippen LogP contribution in [0.5, 0.6) is 0 Å². The molecule has 0 spiro atoms. The first kappa shape index (κ1) is 11.2. The molecule has 2 heteroatoms. The zero-order chi connectivity index (χ0) is 10.4. The lowest BCUT2D eigenvalue weighted by Gasteiger charge is -2.10. The molecular weight excluding hydrogens is 174 g/mol. The molecule has 0 aliphatic heterocycles. The summed E-state index contributed by atoms with van der Waals surface area (Å²) >= 11 is 0. The lowest BCUT2D eigenvalue weighted by Crippen LogP contribution is -2.18. The van der Waals surface area contributed by atoms with Crippen molar-refractivity contribution in [1.82, 2.24) is 0 Å². The highest BCUT2D eigenvalue weighted by Crippen LogP contribution is 2.11. The largest absolute Gasteiger partial charge is 0.384 e. The number of ether oxygens (including phenoxy) is 1. The van der Waals surface area contributed by atoms with Crippen molar-refractivity contribution in [2.24, 2.45) is 5.73 Å². The summed E-state index contributed by atoms with van der Waals surface area (Å²) in [7, 11) is 1.73. The van der Waals surface area contributed by atoms with E-state index in [4.69, 9.17) is 10.5 Å². The van der Waals surface area contributed by atoms with Gasteiger partial charge in [-0.3, -0.25) is 0 Å². The predicted molar refractivity (Wildman–Crippen MR) is 59.4 cm³/mol. The van der Waals surface area contributed by atoms with E-state index in [1.54, 1.807) is 7.11 Å². The second-order valence-corrected chi connectivity index (χ2v) is 3.69. The fourth-order valence-corrected chi connectivity index (χ4v) is 1.56. The van der Waals surface area contributed by atoms with Gasteiger partial charge in [-0.1, -0.05) is 24.3 Å². The van der Waals surface area contributed by atoms with E-state index in [0.29, 0.717) is 0 Å². The molecule has 0 amide bonds. The van der Waals surface area contributed by atoms with Crippen molar-refractivity contribution >= 4 is 0 Å². The zero-order valence-corrected chi connectivity index (χ0v) is 8.99. The van der Waals surface area contributed by atoms with Gasteiger partial charge in [-0.2, -0.15) is 0 Å². The molecule has 0 aliphatic carbocycles. The molecule has 2 N–H and O–H groups in total. The molecule has 1 aromatic rings. The van der Waals surface area contributed by atoms with Gasteiger partial charge in [0.25, 0.3) is 0 Å². The first-order valence-corrected chi connectivity index (χ1v) is 5.05. The number of hydrogen-bond donors (Lipinski definition) is 1. The van der Waals surface area contributed by atoms with E-state index >= 15 is 0 Å². The predicted octanol–water partition coefficient (Wildman–Crippen LogP) is 1.77. The number of hydrogen-bond acceptors (Lipinski definition) is 2. The van der Waals surface area contributed by atoms with E-state index in [1.807, 2.05) is 6.92 Å². The third-order valence-corrected chi connectivity index (χ3v) is 2.24. The van der Waals surface area contributed by atoms with E-state index < -0.39 is 0 Å². The van der Waals surface area contributed by atoms with Crippen LogP contribution in [0.15, 0.2) is 24.3 Å². The molecule has 0 radical (unpaired) electrons. The van der Waals surface area contributed by atoms with Crippen LogP contribution in [0.4, 0.5) is 0 Å². The van der Waals surface area contributed by atoms with Crippen molar-refractivity contribution in [2.75, 3.05) is 13.7 Å². The first-order valence-electron chi connectivity index (χ1n) is 5.05. The summed E-state index contributed by atoms with van der Waals surface area (Å²) in [5.41, 5.74) is 8.49. The highest BCUT2D eigenvalue weighted by Gasteiger charge is 2.03. The quantitative estimate of drug-likeness (QED) is 0.773. The number of benzene rings is 1. The summed E-state index contributed by atoms with van der Waals surface area (Å²) in [6.07, 6.45) is 1.92. The van der Waals surface area contributed by atoms with Crippen molar-refractivity contribution in [3.05, 3.63) is 35.4 Å². The van der Waals surface area contributed by atoms with E-state index in [2.05, 4.69) is 24.3 Å². The van der Waals surface area contributed by atoms with Gasteiger partial charge in [-0.15, -0.1) is 0 Å². The van der Waals surface area contributed by atoms with Gasteiger partial charge in [0.05, 0.1) is 6.61 Å². The van der Waals surface area contributed by atoms with Gasteiger partial charge >= 0.3 is 0 Å². The number of methoxy groups -OCH3 is 1. The molecule has 0 aliphatic rings. The Labute approximate surface area is 86.1 Å². The Hall–Kier alpha value is -0.860. The molecule has 1 rings (SSSR count). The van der Waals surface area contributed by atoms with Crippen LogP contribution >= 0.6 is 0 Å². The van der Waals surface area contributed by atoms with E-state index in [-0.39, 0.29) is 6.04 Å². The highest BCUT2D eigenvalue weighted by molar-refractivity contribution is 5.28. The number of rotatable bonds is 5. The van der Waals surface area contributed by atoms with Crippen molar-refractivity contribution in [2.45, 2.75) is 25.8 Å². The van der Waals surface area contributed by atoms with Crippen molar-refractivity contribution in [1.29, 1.82) is 0 Å². The van der Waals surface area contributed by atoms with Gasteiger partial charge in [-0.05, 0) is 30.9 Å². The molecule has 1 aromatic carbocycles. The van der Waals surface area contributed by atoms with Gasteiger partial charge in [0.15, 0.2) is 0 Å². The van der Waals surface area contributed by atoms with Crippen molar-refractivity contribution < 1.29 is 4.74 Å². The van der Waals surface area contributed by atoms with E-state index in [1.165, 1.54) is 11.1 Å². The lowest BCUT2D eigenvalue weighted by molar-refractivity contribution is 0.202. The lowest BCUT2D eigenvalue weighted by atomic mass is 9.99. The van der Waals surface area contributed by atoms with Crippen LogP contribution in [0.2, 0.25) is 0 Å². The Morgan fingerprint density at radius 1 is 1.29 bits per heavy atom. The van der Waals surface area contributed by atoms with Crippen LogP contribution in [0, 0.1) is 0 Å². The Kier molecular flexibility index (Phi) is 4.63. The summed E-state index contributed by atoms with van der Waals surface area (Å²) < 4.78 is 5.07. The molecule has 0 saturated carbocycles. The topological polar surface area (TPSA) is 35.2 Å². The average Bonchev–Trinajstić information content (AvgIpc) is 2.16. The minimum atomic E-state index is 0.221. The molecule has 0 fully saturated rings. The Bertz CT molecular complexity index is 271. The Morgan fingerprint density at radius 2 is 1.93 bits per heavy atom. The van der Waals surface area contributed by atoms with Crippen LogP contribution in [0.25, 0.3) is 0 Å². The summed E-state index contributed by atoms with van der Waals surface area (Å²) in [5.74, 6) is 0. The average molecular weight is 193 g/mol. The standard InChI is InChI=1S/C12H19NO/c1-10(13)9-12-6-4-3-5-11(12)7-8-14-2/h3-6,10H,7-9,13H2,1-2H3. The fraction of sp³-hybridized carbons (Fsp3) is 0.500. The zero-order valence-electron chi connectivity index (χ0n) is 8.99. The Balaban J connectivity index is 2.69. The summed E-state index contributed by atoms with van der Waals surface area (Å²) in [5, 5.41) is 0. The maximum atomic E-state index is 5.79. The molecule has 78 valence electrons. The molecule has 0 heterocycles. The second kappa shape index (κ2) is 5.78. The maximum absolute atomic E-state index is 5.79. The molecule has 0 aromatic heterocycles. The molecule has 1 atom stereocenters. The van der Waals surface area contributed by atoms with Crippen molar-refractivity contribution in [3.63, 3.8) is 0 Å². The van der Waals surface area contributed by atoms with Gasteiger partial charge in [0.2, 0.25) is 0 Å². The monoisotopic (exact) mass is 193 g/mol. The molecular formula is C12H19NO. The van der Waals surface area contributed by atoms with E-state index in [9.17, 15) is 0 Å². The van der Waals surface area contributed by atoms with Crippen LogP contribution in [0.1, 0.15) is 18.1 Å². The van der Waals surface area contributed by atoms with Crippen molar-refractivity contribution in [3.8, 4) is 0 Å². The van der Waals surface area contributed by atoms with Gasteiger partial charge < -0.3 is 10.5 Å². The molecule has 0 saturated heterocycles. The molecule has 2 nitrogen and oxygen atoms in total. The second-order valence-electron chi connectivity index (χ2n) is 3.69. The fourth-order valence-electron chi connectivity index (χ4n) is 1.56. The van der Waals surface area contributed by atoms with Crippen LogP contribution in [0.3, 0.4) is 0 Å². The minimum absolute atomic E-state index is 0.221. The normalized spacial score (nSPS) is 12.8. The summed E-state index contributed by atoms with van der Waals surface area (Å²) in [4.78, 5) is 0. The minimum Gasteiger partial charge on any atom is -0.384 e. The highest BCUT2D eigenvalue weighted by atomic mass is 16.5. The maximum Gasteiger partial charge on any atom is 0.0502 e. The summed E-state index contributed by atoms with van der Waals surface area (Å²) in [6.45, 7) is 2.81. The summed E-state index contributed by atoms with van der Waals surface area (Å²) in [6, 6.07) is 8.65. The SMILES string of the molecule is COCCc1ccccc1CC(C)N. The molecule has 0 bridgehead atoms. The first-order chi connectivity index (χ1) is 6.74. The van der Waals surface area contributed by atoms with Crippen LogP contribution < -0.4 is 5.73 Å². The van der Waals surface area contributed by atoms with E-state index in [0.717, 1.165) is 19.4 Å². The van der Waals surface area contributed by atoms with Crippen LogP contribution in [-0.4, -0.2) is 19.8 Å². The smallest absolute Gasteiger partial charge is 0.0502 e. The third kappa shape index (κ3) is 3.48. The van der Waals surface area contributed by atoms with Crippen LogP contribution in [-0.2, 0) is 17.6 Å². The van der Waals surface area contributed by atoms with Gasteiger partial charge in [-0.25, -0.2) is 0 Å². The molecule has 14 heavy (non-hydrogen) atoms.